The second-order valence-electron chi connectivity index (χ2n) is 10.6. The maximum absolute atomic E-state index is 12.8. The van der Waals surface area contributed by atoms with Gasteiger partial charge in [-0.05, 0) is 58.2 Å². The highest BCUT2D eigenvalue weighted by atomic mass is 28.4. The summed E-state index contributed by atoms with van der Waals surface area (Å²) < 4.78 is 12.3. The van der Waals surface area contributed by atoms with E-state index in [1.807, 2.05) is 20.8 Å². The second-order valence-corrected chi connectivity index (χ2v) is 15.4. The van der Waals surface area contributed by atoms with Gasteiger partial charge in [0.25, 0.3) is 0 Å². The van der Waals surface area contributed by atoms with Crippen LogP contribution in [-0.2, 0) is 9.16 Å². The van der Waals surface area contributed by atoms with Gasteiger partial charge in [0, 0.05) is 6.54 Å². The van der Waals surface area contributed by atoms with Gasteiger partial charge in [-0.2, -0.15) is 0 Å². The summed E-state index contributed by atoms with van der Waals surface area (Å²) in [6.45, 7) is 17.4. The Balaban J connectivity index is 2.27. The summed E-state index contributed by atoms with van der Waals surface area (Å²) in [5.41, 5.74) is -1.40. The Kier molecular flexibility index (Phi) is 5.92. The van der Waals surface area contributed by atoms with Gasteiger partial charge in [-0.15, -0.1) is 0 Å². The third-order valence-corrected chi connectivity index (χ3v) is 10.7. The third kappa shape index (κ3) is 4.63. The standard InChI is InChI=1S/C20H39NO4Si/c1-18(2,3)24-17(22)21-14-11-15(25-26(7,8)19(4,5)6)16(21)20(23)12-9-10-13-20/h15-16,23H,9-14H2,1-8H3/t15-,16-/m0/s1. The fraction of sp³-hybridized carbons (Fsp3) is 0.950. The van der Waals surface area contributed by atoms with Crippen LogP contribution in [0, 0.1) is 0 Å². The SMILES string of the molecule is CC(C)(C)OC(=O)N1CC[C@H](O[Si](C)(C)C(C)(C)C)[C@H]1C1(O)CCCC1. The van der Waals surface area contributed by atoms with Crippen LogP contribution in [0.25, 0.3) is 0 Å². The molecular weight excluding hydrogens is 346 g/mol. The lowest BCUT2D eigenvalue weighted by molar-refractivity contribution is -0.0658. The molecule has 0 bridgehead atoms. The van der Waals surface area contributed by atoms with Crippen molar-refractivity contribution < 1.29 is 19.1 Å². The molecule has 0 aromatic rings. The highest BCUT2D eigenvalue weighted by Gasteiger charge is 2.54. The molecule has 26 heavy (non-hydrogen) atoms. The van der Waals surface area contributed by atoms with Crippen LogP contribution in [0.1, 0.15) is 73.6 Å². The molecule has 0 aromatic carbocycles. The van der Waals surface area contributed by atoms with E-state index in [2.05, 4.69) is 33.9 Å². The topological polar surface area (TPSA) is 59.0 Å². The molecule has 1 heterocycles. The Hall–Kier alpha value is -0.593. The Bertz CT molecular complexity index is 515. The number of carbonyl (C=O) groups is 1. The smallest absolute Gasteiger partial charge is 0.410 e. The van der Waals surface area contributed by atoms with Gasteiger partial charge in [0.2, 0.25) is 0 Å². The van der Waals surface area contributed by atoms with E-state index < -0.39 is 19.5 Å². The normalized spacial score (nSPS) is 27.0. The van der Waals surface area contributed by atoms with Crippen molar-refractivity contribution in [1.82, 2.24) is 4.90 Å². The number of hydrogen-bond acceptors (Lipinski definition) is 4. The first kappa shape index (κ1) is 21.7. The number of carbonyl (C=O) groups excluding carboxylic acids is 1. The van der Waals surface area contributed by atoms with E-state index >= 15 is 0 Å². The maximum Gasteiger partial charge on any atom is 0.410 e. The van der Waals surface area contributed by atoms with Crippen molar-refractivity contribution in [2.24, 2.45) is 0 Å². The Morgan fingerprint density at radius 2 is 1.65 bits per heavy atom. The average Bonchev–Trinajstić information content (AvgIpc) is 3.02. The van der Waals surface area contributed by atoms with Gasteiger partial charge in [-0.25, -0.2) is 4.79 Å². The zero-order chi connectivity index (χ0) is 20.0. The zero-order valence-corrected chi connectivity index (χ0v) is 19.0. The van der Waals surface area contributed by atoms with Gasteiger partial charge >= 0.3 is 6.09 Å². The van der Waals surface area contributed by atoms with Gasteiger partial charge in [-0.3, -0.25) is 4.90 Å². The first-order valence-corrected chi connectivity index (χ1v) is 13.0. The largest absolute Gasteiger partial charge is 0.444 e. The summed E-state index contributed by atoms with van der Waals surface area (Å²) in [4.78, 5) is 14.6. The number of rotatable bonds is 3. The van der Waals surface area contributed by atoms with Crippen molar-refractivity contribution in [2.45, 2.75) is 115 Å². The maximum atomic E-state index is 12.8. The van der Waals surface area contributed by atoms with Crippen LogP contribution in [0.4, 0.5) is 4.79 Å². The van der Waals surface area contributed by atoms with E-state index in [4.69, 9.17) is 9.16 Å². The van der Waals surface area contributed by atoms with Crippen molar-refractivity contribution in [2.75, 3.05) is 6.54 Å². The van der Waals surface area contributed by atoms with Gasteiger partial charge in [-0.1, -0.05) is 33.6 Å². The minimum Gasteiger partial charge on any atom is -0.444 e. The molecule has 2 aliphatic rings. The summed E-state index contributed by atoms with van der Waals surface area (Å²) in [6.07, 6.45) is 3.78. The summed E-state index contributed by atoms with van der Waals surface area (Å²) in [5.74, 6) is 0. The predicted molar refractivity (Wildman–Crippen MR) is 107 cm³/mol. The highest BCUT2D eigenvalue weighted by Crippen LogP contribution is 2.44. The molecule has 5 nitrogen and oxygen atoms in total. The summed E-state index contributed by atoms with van der Waals surface area (Å²) in [5, 5.41) is 11.5. The van der Waals surface area contributed by atoms with Crippen LogP contribution >= 0.6 is 0 Å². The average molecular weight is 386 g/mol. The first-order valence-electron chi connectivity index (χ1n) is 10.1. The lowest BCUT2D eigenvalue weighted by atomic mass is 9.89. The van der Waals surface area contributed by atoms with Gasteiger partial charge in [0.05, 0.1) is 17.7 Å². The Morgan fingerprint density at radius 3 is 2.12 bits per heavy atom. The van der Waals surface area contributed by atoms with Gasteiger partial charge in [0.15, 0.2) is 8.32 Å². The third-order valence-electron chi connectivity index (χ3n) is 6.24. The van der Waals surface area contributed by atoms with Crippen LogP contribution < -0.4 is 0 Å². The van der Waals surface area contributed by atoms with Crippen LogP contribution in [-0.4, -0.2) is 54.3 Å². The molecule has 2 atom stereocenters. The number of ether oxygens (including phenoxy) is 1. The molecule has 2 fully saturated rings. The van der Waals surface area contributed by atoms with Crippen LogP contribution in [0.5, 0.6) is 0 Å². The Morgan fingerprint density at radius 1 is 1.12 bits per heavy atom. The van der Waals surface area contributed by atoms with Crippen molar-refractivity contribution in [1.29, 1.82) is 0 Å². The Labute approximate surface area is 160 Å². The van der Waals surface area contributed by atoms with E-state index in [1.165, 1.54) is 0 Å². The molecule has 0 spiro atoms. The minimum absolute atomic E-state index is 0.0924. The first-order chi connectivity index (χ1) is 11.7. The lowest BCUT2D eigenvalue weighted by Crippen LogP contribution is -2.58. The highest BCUT2D eigenvalue weighted by molar-refractivity contribution is 6.74. The fourth-order valence-electron chi connectivity index (χ4n) is 3.89. The zero-order valence-electron chi connectivity index (χ0n) is 18.0. The number of amides is 1. The van der Waals surface area contributed by atoms with Crippen molar-refractivity contribution in [3.8, 4) is 0 Å². The predicted octanol–water partition coefficient (Wildman–Crippen LogP) is 4.69. The van der Waals surface area contributed by atoms with Crippen molar-refractivity contribution in [3.63, 3.8) is 0 Å². The molecule has 2 rings (SSSR count). The number of likely N-dealkylation sites (tertiary alicyclic amines) is 1. The van der Waals surface area contributed by atoms with Crippen LogP contribution in [0.3, 0.4) is 0 Å². The van der Waals surface area contributed by atoms with E-state index in [9.17, 15) is 9.90 Å². The van der Waals surface area contributed by atoms with Crippen molar-refractivity contribution >= 4 is 14.4 Å². The fourth-order valence-corrected chi connectivity index (χ4v) is 5.24. The molecule has 152 valence electrons. The van der Waals surface area contributed by atoms with E-state index in [0.29, 0.717) is 6.54 Å². The number of hydrogen-bond donors (Lipinski definition) is 1. The molecule has 1 aliphatic heterocycles. The second kappa shape index (κ2) is 7.10. The quantitative estimate of drug-likeness (QED) is 0.716. The van der Waals surface area contributed by atoms with Gasteiger partial charge < -0.3 is 14.3 Å². The minimum atomic E-state index is -2.00. The lowest BCUT2D eigenvalue weighted by Gasteiger charge is -2.44. The number of aliphatic hydroxyl groups is 1. The molecular formula is C20H39NO4Si. The van der Waals surface area contributed by atoms with Crippen LogP contribution in [0.2, 0.25) is 18.1 Å². The molecule has 1 saturated heterocycles. The van der Waals surface area contributed by atoms with E-state index in [-0.39, 0.29) is 23.3 Å². The molecule has 0 unspecified atom stereocenters. The summed E-state index contributed by atoms with van der Waals surface area (Å²) >= 11 is 0. The molecule has 1 N–H and O–H groups in total. The monoisotopic (exact) mass is 385 g/mol. The molecule has 1 amide bonds. The molecule has 0 radical (unpaired) electrons. The number of nitrogens with zero attached hydrogens (tertiary/aromatic N) is 1. The van der Waals surface area contributed by atoms with Gasteiger partial charge in [0.1, 0.15) is 5.60 Å². The van der Waals surface area contributed by atoms with Crippen LogP contribution in [0.15, 0.2) is 0 Å². The van der Waals surface area contributed by atoms with Crippen molar-refractivity contribution in [3.05, 3.63) is 0 Å². The summed E-state index contributed by atoms with van der Waals surface area (Å²) in [6, 6.07) is -0.311. The molecule has 0 aromatic heterocycles. The summed E-state index contributed by atoms with van der Waals surface area (Å²) in [7, 11) is -2.00. The molecule has 6 heteroatoms. The molecule has 1 aliphatic carbocycles. The van der Waals surface area contributed by atoms with E-state index in [0.717, 1.165) is 32.1 Å². The molecule has 1 saturated carbocycles. The van der Waals surface area contributed by atoms with E-state index in [1.54, 1.807) is 4.90 Å².